The molecule has 1 fully saturated rings. The number of hydrogen-bond acceptors (Lipinski definition) is 6. The van der Waals surface area contributed by atoms with E-state index in [1.54, 1.807) is 6.07 Å². The fourth-order valence-corrected chi connectivity index (χ4v) is 2.08. The number of carbonyl (C=O) groups excluding carboxylic acids is 1. The molecule has 98 valence electrons. The van der Waals surface area contributed by atoms with Crippen LogP contribution in [0.1, 0.15) is 13.3 Å². The molecule has 1 atom stereocenters. The Kier molecular flexibility index (Phi) is 3.50. The molecule has 2 rings (SSSR count). The van der Waals surface area contributed by atoms with Crippen LogP contribution in [0.2, 0.25) is 0 Å². The van der Waals surface area contributed by atoms with Crippen LogP contribution in [0.15, 0.2) is 6.07 Å². The van der Waals surface area contributed by atoms with Crippen LogP contribution in [0.5, 0.6) is 5.88 Å². The van der Waals surface area contributed by atoms with Crippen LogP contribution in [0.25, 0.3) is 0 Å². The average Bonchev–Trinajstić information content (AvgIpc) is 2.37. The number of piperazine rings is 1. The van der Waals surface area contributed by atoms with Gasteiger partial charge in [-0.2, -0.15) is 9.97 Å². The van der Waals surface area contributed by atoms with E-state index in [-0.39, 0.29) is 17.9 Å². The van der Waals surface area contributed by atoms with Crippen LogP contribution in [0, 0.1) is 0 Å². The van der Waals surface area contributed by atoms with E-state index >= 15 is 0 Å². The number of ether oxygens (including phenoxy) is 1. The zero-order valence-electron chi connectivity index (χ0n) is 10.5. The Morgan fingerprint density at radius 1 is 1.61 bits per heavy atom. The standard InChI is InChI=1S/C11H17N5O2/c1-3-7-10(17)13-4-5-16(7)8-6-9(18-2)15-11(12)14-8/h6-7H,3-5H2,1-2H3,(H,13,17)(H2,12,14,15). The summed E-state index contributed by atoms with van der Waals surface area (Å²) < 4.78 is 5.06. The minimum Gasteiger partial charge on any atom is -0.481 e. The van der Waals surface area contributed by atoms with E-state index in [9.17, 15) is 4.79 Å². The second kappa shape index (κ2) is 5.07. The number of anilines is 2. The van der Waals surface area contributed by atoms with Crippen LogP contribution in [0.4, 0.5) is 11.8 Å². The molecule has 1 aliphatic heterocycles. The second-order valence-corrected chi connectivity index (χ2v) is 4.04. The first-order valence-electron chi connectivity index (χ1n) is 5.88. The van der Waals surface area contributed by atoms with Gasteiger partial charge in [-0.05, 0) is 6.42 Å². The normalized spacial score (nSPS) is 19.6. The summed E-state index contributed by atoms with van der Waals surface area (Å²) in [5, 5.41) is 2.84. The lowest BCUT2D eigenvalue weighted by Crippen LogP contribution is -2.55. The fourth-order valence-electron chi connectivity index (χ4n) is 2.08. The largest absolute Gasteiger partial charge is 0.481 e. The van der Waals surface area contributed by atoms with E-state index in [1.165, 1.54) is 7.11 Å². The highest BCUT2D eigenvalue weighted by molar-refractivity contribution is 5.86. The Hall–Kier alpha value is -2.05. The maximum atomic E-state index is 11.8. The van der Waals surface area contributed by atoms with Gasteiger partial charge in [-0.3, -0.25) is 4.79 Å². The number of aromatic nitrogens is 2. The molecule has 1 aliphatic rings. The summed E-state index contributed by atoms with van der Waals surface area (Å²) in [5.74, 6) is 1.18. The van der Waals surface area contributed by atoms with Gasteiger partial charge in [-0.25, -0.2) is 0 Å². The number of nitrogen functional groups attached to an aromatic ring is 1. The number of carbonyl (C=O) groups is 1. The number of amides is 1. The van der Waals surface area contributed by atoms with Crippen LogP contribution in [0.3, 0.4) is 0 Å². The van der Waals surface area contributed by atoms with Crippen molar-refractivity contribution in [1.82, 2.24) is 15.3 Å². The van der Waals surface area contributed by atoms with Crippen molar-refractivity contribution in [3.05, 3.63) is 6.07 Å². The zero-order valence-corrected chi connectivity index (χ0v) is 10.5. The quantitative estimate of drug-likeness (QED) is 0.771. The highest BCUT2D eigenvalue weighted by Crippen LogP contribution is 2.22. The van der Waals surface area contributed by atoms with Gasteiger partial charge in [0.05, 0.1) is 7.11 Å². The lowest BCUT2D eigenvalue weighted by Gasteiger charge is -2.35. The highest BCUT2D eigenvalue weighted by Gasteiger charge is 2.29. The molecule has 2 heterocycles. The molecule has 3 N–H and O–H groups in total. The third-order valence-corrected chi connectivity index (χ3v) is 2.93. The van der Waals surface area contributed by atoms with E-state index < -0.39 is 0 Å². The van der Waals surface area contributed by atoms with E-state index in [4.69, 9.17) is 10.5 Å². The summed E-state index contributed by atoms with van der Waals surface area (Å²) in [6.07, 6.45) is 0.706. The molecule has 7 heteroatoms. The SMILES string of the molecule is CCC1C(=O)NCCN1c1cc(OC)nc(N)n1. The van der Waals surface area contributed by atoms with Gasteiger partial charge in [-0.15, -0.1) is 0 Å². The van der Waals surface area contributed by atoms with Crippen molar-refractivity contribution >= 4 is 17.7 Å². The summed E-state index contributed by atoms with van der Waals surface area (Å²) in [7, 11) is 1.52. The van der Waals surface area contributed by atoms with Gasteiger partial charge >= 0.3 is 0 Å². The maximum absolute atomic E-state index is 11.8. The lowest BCUT2D eigenvalue weighted by atomic mass is 10.1. The molecule has 18 heavy (non-hydrogen) atoms. The number of hydrogen-bond donors (Lipinski definition) is 2. The summed E-state index contributed by atoms with van der Waals surface area (Å²) in [6, 6.07) is 1.47. The molecule has 0 spiro atoms. The number of nitrogens with two attached hydrogens (primary N) is 1. The van der Waals surface area contributed by atoms with Gasteiger partial charge in [0.15, 0.2) is 0 Å². The van der Waals surface area contributed by atoms with Crippen molar-refractivity contribution in [3.8, 4) is 5.88 Å². The Bertz CT molecular complexity index is 451. The van der Waals surface area contributed by atoms with Crippen LogP contribution in [-0.4, -0.2) is 42.1 Å². The average molecular weight is 251 g/mol. The van der Waals surface area contributed by atoms with Gasteiger partial charge < -0.3 is 20.7 Å². The maximum Gasteiger partial charge on any atom is 0.242 e. The van der Waals surface area contributed by atoms with Crippen molar-refractivity contribution in [1.29, 1.82) is 0 Å². The summed E-state index contributed by atoms with van der Waals surface area (Å²) >= 11 is 0. The number of nitrogens with zero attached hydrogens (tertiary/aromatic N) is 3. The van der Waals surface area contributed by atoms with Gasteiger partial charge in [0.1, 0.15) is 11.9 Å². The zero-order chi connectivity index (χ0) is 13.1. The predicted molar refractivity (Wildman–Crippen MR) is 67.4 cm³/mol. The van der Waals surface area contributed by atoms with Crippen LogP contribution in [-0.2, 0) is 4.79 Å². The van der Waals surface area contributed by atoms with Crippen LogP contribution < -0.4 is 20.7 Å². The molecular weight excluding hydrogens is 234 g/mol. The van der Waals surface area contributed by atoms with Gasteiger partial charge in [0.25, 0.3) is 0 Å². The molecule has 1 aromatic heterocycles. The van der Waals surface area contributed by atoms with E-state index in [0.717, 1.165) is 0 Å². The van der Waals surface area contributed by atoms with Gasteiger partial charge in [-0.1, -0.05) is 6.92 Å². The molecular formula is C11H17N5O2. The molecule has 0 bridgehead atoms. The minimum absolute atomic E-state index is 0.0138. The molecule has 1 amide bonds. The van der Waals surface area contributed by atoms with Crippen molar-refractivity contribution in [2.24, 2.45) is 0 Å². The molecule has 7 nitrogen and oxygen atoms in total. The predicted octanol–water partition coefficient (Wildman–Crippen LogP) is -0.218. The molecule has 0 aromatic carbocycles. The Balaban J connectivity index is 2.34. The summed E-state index contributed by atoms with van der Waals surface area (Å²) in [6.45, 7) is 3.26. The van der Waals surface area contributed by atoms with Crippen molar-refractivity contribution in [3.63, 3.8) is 0 Å². The van der Waals surface area contributed by atoms with E-state index in [1.807, 2.05) is 11.8 Å². The fraction of sp³-hybridized carbons (Fsp3) is 0.545. The third kappa shape index (κ3) is 2.29. The number of methoxy groups -OCH3 is 1. The van der Waals surface area contributed by atoms with E-state index in [0.29, 0.717) is 31.2 Å². The van der Waals surface area contributed by atoms with Crippen molar-refractivity contribution in [2.75, 3.05) is 30.8 Å². The van der Waals surface area contributed by atoms with E-state index in [2.05, 4.69) is 15.3 Å². The third-order valence-electron chi connectivity index (χ3n) is 2.93. The van der Waals surface area contributed by atoms with Crippen molar-refractivity contribution < 1.29 is 9.53 Å². The Labute approximate surface area is 105 Å². The van der Waals surface area contributed by atoms with Crippen molar-refractivity contribution in [2.45, 2.75) is 19.4 Å². The van der Waals surface area contributed by atoms with Gasteiger partial charge in [0, 0.05) is 19.2 Å². The Morgan fingerprint density at radius 3 is 3.06 bits per heavy atom. The highest BCUT2D eigenvalue weighted by atomic mass is 16.5. The molecule has 0 saturated carbocycles. The monoisotopic (exact) mass is 251 g/mol. The first kappa shape index (κ1) is 12.4. The first-order valence-corrected chi connectivity index (χ1v) is 5.88. The van der Waals surface area contributed by atoms with Gasteiger partial charge in [0.2, 0.25) is 17.7 Å². The van der Waals surface area contributed by atoms with Crippen LogP contribution >= 0.6 is 0 Å². The summed E-state index contributed by atoms with van der Waals surface area (Å²) in [4.78, 5) is 21.8. The Morgan fingerprint density at radius 2 is 2.39 bits per heavy atom. The molecule has 1 aromatic rings. The number of rotatable bonds is 3. The molecule has 0 radical (unpaired) electrons. The lowest BCUT2D eigenvalue weighted by molar-refractivity contribution is -0.123. The molecule has 1 saturated heterocycles. The summed E-state index contributed by atoms with van der Waals surface area (Å²) in [5.41, 5.74) is 5.63. The molecule has 1 unspecified atom stereocenters. The second-order valence-electron chi connectivity index (χ2n) is 4.04. The first-order chi connectivity index (χ1) is 8.65. The molecule has 0 aliphatic carbocycles. The topological polar surface area (TPSA) is 93.4 Å². The smallest absolute Gasteiger partial charge is 0.242 e. The number of nitrogens with one attached hydrogen (secondary N) is 1. The minimum atomic E-state index is -0.224.